The summed E-state index contributed by atoms with van der Waals surface area (Å²) in [4.78, 5) is 0. The lowest BCUT2D eigenvalue weighted by atomic mass is 10.2. The molecular weight excluding hydrogens is 238 g/mol. The van der Waals surface area contributed by atoms with Crippen LogP contribution in [0.15, 0.2) is 18.2 Å². The predicted octanol–water partition coefficient (Wildman–Crippen LogP) is 4.41. The summed E-state index contributed by atoms with van der Waals surface area (Å²) in [5, 5.41) is 0. The van der Waals surface area contributed by atoms with Crippen molar-refractivity contribution < 1.29 is 9.47 Å². The van der Waals surface area contributed by atoms with E-state index in [2.05, 4.69) is 6.92 Å². The van der Waals surface area contributed by atoms with E-state index in [1.807, 2.05) is 32.0 Å². The Labute approximate surface area is 117 Å². The van der Waals surface area contributed by atoms with E-state index < -0.39 is 0 Å². The van der Waals surface area contributed by atoms with Crippen LogP contribution in [0.4, 0.5) is 5.69 Å². The molecule has 1 rings (SSSR count). The molecule has 0 aromatic heterocycles. The lowest BCUT2D eigenvalue weighted by Gasteiger charge is -2.14. The van der Waals surface area contributed by atoms with Gasteiger partial charge in [0, 0.05) is 6.07 Å². The van der Waals surface area contributed by atoms with Gasteiger partial charge in [-0.3, -0.25) is 0 Å². The number of hydrogen-bond donors (Lipinski definition) is 1. The van der Waals surface area contributed by atoms with Gasteiger partial charge < -0.3 is 15.2 Å². The van der Waals surface area contributed by atoms with Crippen LogP contribution < -0.4 is 15.2 Å². The Bertz CT molecular complexity index is 364. The first-order valence-corrected chi connectivity index (χ1v) is 7.32. The van der Waals surface area contributed by atoms with Gasteiger partial charge in [-0.25, -0.2) is 0 Å². The zero-order valence-corrected chi connectivity index (χ0v) is 12.4. The number of anilines is 1. The first-order valence-electron chi connectivity index (χ1n) is 7.32. The summed E-state index contributed by atoms with van der Waals surface area (Å²) in [6, 6.07) is 5.61. The zero-order valence-electron chi connectivity index (χ0n) is 12.4. The molecule has 1 aromatic carbocycles. The number of unbranched alkanes of at least 4 members (excludes halogenated alkanes) is 4. The normalized spacial score (nSPS) is 10.7. The Morgan fingerprint density at radius 3 is 2.53 bits per heavy atom. The van der Waals surface area contributed by atoms with Crippen LogP contribution in [0.2, 0.25) is 0 Å². The van der Waals surface area contributed by atoms with Gasteiger partial charge >= 0.3 is 0 Å². The molecule has 1 aromatic rings. The molecule has 0 saturated heterocycles. The molecule has 108 valence electrons. The Balaban J connectivity index is 2.37. The minimum atomic E-state index is 0.117. The zero-order chi connectivity index (χ0) is 14.1. The van der Waals surface area contributed by atoms with Crippen molar-refractivity contribution in [1.82, 2.24) is 0 Å². The average Bonchev–Trinajstić information content (AvgIpc) is 2.37. The summed E-state index contributed by atoms with van der Waals surface area (Å²) in [5.41, 5.74) is 6.52. The predicted molar refractivity (Wildman–Crippen MR) is 80.9 cm³/mol. The molecule has 0 atom stereocenters. The van der Waals surface area contributed by atoms with Gasteiger partial charge in [-0.05, 0) is 32.4 Å². The molecule has 3 nitrogen and oxygen atoms in total. The highest BCUT2D eigenvalue weighted by Crippen LogP contribution is 2.27. The Morgan fingerprint density at radius 1 is 1.11 bits per heavy atom. The SMILES string of the molecule is CCCCCCCOc1ccc(N)c(OC(C)C)c1. The van der Waals surface area contributed by atoms with Crippen LogP contribution >= 0.6 is 0 Å². The Morgan fingerprint density at radius 2 is 1.84 bits per heavy atom. The van der Waals surface area contributed by atoms with Crippen LogP contribution in [0.5, 0.6) is 11.5 Å². The minimum Gasteiger partial charge on any atom is -0.493 e. The maximum Gasteiger partial charge on any atom is 0.146 e. The van der Waals surface area contributed by atoms with Gasteiger partial charge in [-0.15, -0.1) is 0 Å². The lowest BCUT2D eigenvalue weighted by molar-refractivity contribution is 0.241. The molecule has 0 spiro atoms. The number of hydrogen-bond acceptors (Lipinski definition) is 3. The van der Waals surface area contributed by atoms with Gasteiger partial charge in [0.05, 0.1) is 18.4 Å². The molecule has 0 saturated carbocycles. The second kappa shape index (κ2) is 8.68. The molecule has 0 aliphatic heterocycles. The molecule has 0 heterocycles. The molecule has 0 amide bonds. The highest BCUT2D eigenvalue weighted by Gasteiger charge is 2.05. The topological polar surface area (TPSA) is 44.5 Å². The van der Waals surface area contributed by atoms with Gasteiger partial charge in [-0.2, -0.15) is 0 Å². The van der Waals surface area contributed by atoms with Gasteiger partial charge in [0.1, 0.15) is 11.5 Å². The van der Waals surface area contributed by atoms with Crippen LogP contribution in [0.1, 0.15) is 52.9 Å². The molecular formula is C16H27NO2. The van der Waals surface area contributed by atoms with Crippen molar-refractivity contribution in [3.63, 3.8) is 0 Å². The van der Waals surface area contributed by atoms with E-state index >= 15 is 0 Å². The van der Waals surface area contributed by atoms with E-state index in [1.54, 1.807) is 0 Å². The van der Waals surface area contributed by atoms with Crippen LogP contribution in [0, 0.1) is 0 Å². The van der Waals surface area contributed by atoms with Crippen molar-refractivity contribution in [3.8, 4) is 11.5 Å². The molecule has 3 heteroatoms. The quantitative estimate of drug-likeness (QED) is 0.531. The van der Waals surface area contributed by atoms with E-state index in [4.69, 9.17) is 15.2 Å². The molecule has 0 bridgehead atoms. The van der Waals surface area contributed by atoms with Crippen molar-refractivity contribution in [2.24, 2.45) is 0 Å². The van der Waals surface area contributed by atoms with Crippen molar-refractivity contribution in [1.29, 1.82) is 0 Å². The maximum absolute atomic E-state index is 5.87. The molecule has 0 radical (unpaired) electrons. The number of nitrogen functional groups attached to an aromatic ring is 1. The van der Waals surface area contributed by atoms with Crippen molar-refractivity contribution in [2.75, 3.05) is 12.3 Å². The number of nitrogens with two attached hydrogens (primary N) is 1. The Hall–Kier alpha value is -1.38. The fourth-order valence-electron chi connectivity index (χ4n) is 1.86. The monoisotopic (exact) mass is 265 g/mol. The van der Waals surface area contributed by atoms with Crippen molar-refractivity contribution in [2.45, 2.75) is 59.0 Å². The highest BCUT2D eigenvalue weighted by molar-refractivity contribution is 5.55. The molecule has 0 unspecified atom stereocenters. The molecule has 0 aliphatic rings. The summed E-state index contributed by atoms with van der Waals surface area (Å²) < 4.78 is 11.4. The van der Waals surface area contributed by atoms with E-state index in [-0.39, 0.29) is 6.10 Å². The van der Waals surface area contributed by atoms with Gasteiger partial charge in [-0.1, -0.05) is 32.6 Å². The summed E-state index contributed by atoms with van der Waals surface area (Å²) in [7, 11) is 0. The summed E-state index contributed by atoms with van der Waals surface area (Å²) in [5.74, 6) is 1.54. The minimum absolute atomic E-state index is 0.117. The Kier molecular flexibility index (Phi) is 7.16. The fourth-order valence-corrected chi connectivity index (χ4v) is 1.86. The van der Waals surface area contributed by atoms with Crippen LogP contribution in [0.25, 0.3) is 0 Å². The van der Waals surface area contributed by atoms with Crippen molar-refractivity contribution >= 4 is 5.69 Å². The first kappa shape index (κ1) is 15.7. The lowest BCUT2D eigenvalue weighted by Crippen LogP contribution is -2.07. The smallest absolute Gasteiger partial charge is 0.146 e. The molecule has 0 aliphatic carbocycles. The first-order chi connectivity index (χ1) is 9.13. The molecule has 2 N–H and O–H groups in total. The fraction of sp³-hybridized carbons (Fsp3) is 0.625. The van der Waals surface area contributed by atoms with E-state index in [0.717, 1.165) is 18.8 Å². The van der Waals surface area contributed by atoms with Crippen molar-refractivity contribution in [3.05, 3.63) is 18.2 Å². The number of benzene rings is 1. The summed E-state index contributed by atoms with van der Waals surface area (Å²) >= 11 is 0. The van der Waals surface area contributed by atoms with Crippen LogP contribution in [-0.4, -0.2) is 12.7 Å². The third-order valence-corrected chi connectivity index (χ3v) is 2.86. The molecule has 19 heavy (non-hydrogen) atoms. The third kappa shape index (κ3) is 6.37. The van der Waals surface area contributed by atoms with Crippen LogP contribution in [0.3, 0.4) is 0 Å². The van der Waals surface area contributed by atoms with Gasteiger partial charge in [0.15, 0.2) is 0 Å². The summed E-state index contributed by atoms with van der Waals surface area (Å²) in [6.45, 7) is 6.96. The number of rotatable bonds is 9. The van der Waals surface area contributed by atoms with Crippen LogP contribution in [-0.2, 0) is 0 Å². The second-order valence-corrected chi connectivity index (χ2v) is 5.13. The number of ether oxygens (including phenoxy) is 2. The highest BCUT2D eigenvalue weighted by atomic mass is 16.5. The maximum atomic E-state index is 5.87. The second-order valence-electron chi connectivity index (χ2n) is 5.13. The van der Waals surface area contributed by atoms with Gasteiger partial charge in [0.25, 0.3) is 0 Å². The molecule has 0 fully saturated rings. The van der Waals surface area contributed by atoms with E-state index in [9.17, 15) is 0 Å². The van der Waals surface area contributed by atoms with E-state index in [1.165, 1.54) is 25.7 Å². The average molecular weight is 265 g/mol. The standard InChI is InChI=1S/C16H27NO2/c1-4-5-6-7-8-11-18-14-9-10-15(17)16(12-14)19-13(2)3/h9-10,12-13H,4-8,11,17H2,1-3H3. The van der Waals surface area contributed by atoms with E-state index in [0.29, 0.717) is 11.4 Å². The van der Waals surface area contributed by atoms with Gasteiger partial charge in [0.2, 0.25) is 0 Å². The summed E-state index contributed by atoms with van der Waals surface area (Å²) in [6.07, 6.45) is 6.33. The third-order valence-electron chi connectivity index (χ3n) is 2.86. The largest absolute Gasteiger partial charge is 0.493 e.